The lowest BCUT2D eigenvalue weighted by Gasteiger charge is -2.16. The zero-order valence-corrected chi connectivity index (χ0v) is 8.86. The van der Waals surface area contributed by atoms with Crippen molar-refractivity contribution < 1.29 is 4.79 Å². The summed E-state index contributed by atoms with van der Waals surface area (Å²) in [6, 6.07) is 1.78. The number of carbonyl (C=O) groups excluding carboxylic acids is 1. The Morgan fingerprint density at radius 2 is 2.47 bits per heavy atom. The molecule has 0 unspecified atom stereocenters. The highest BCUT2D eigenvalue weighted by molar-refractivity contribution is 5.96. The van der Waals surface area contributed by atoms with Gasteiger partial charge in [0.2, 0.25) is 0 Å². The van der Waals surface area contributed by atoms with Crippen molar-refractivity contribution in [3.63, 3.8) is 0 Å². The van der Waals surface area contributed by atoms with Crippen LogP contribution in [0.4, 0.5) is 0 Å². The Kier molecular flexibility index (Phi) is 3.92. The number of nitrogens with two attached hydrogens (primary N) is 1. The lowest BCUT2D eigenvalue weighted by molar-refractivity contribution is -0.114. The smallest absolute Gasteiger partial charge is 0.259 e. The number of carbonyl (C=O) groups is 1. The molecular formula is C11H15N3O. The SMILES string of the molecule is CCN1CCCC1=CC=C(C#N)C(N)=O. The fourth-order valence-corrected chi connectivity index (χ4v) is 1.66. The van der Waals surface area contributed by atoms with Gasteiger partial charge in [0, 0.05) is 18.8 Å². The Labute approximate surface area is 89.7 Å². The molecule has 0 bridgehead atoms. The summed E-state index contributed by atoms with van der Waals surface area (Å²) < 4.78 is 0. The molecule has 1 saturated heterocycles. The first-order valence-electron chi connectivity index (χ1n) is 5.04. The van der Waals surface area contributed by atoms with Crippen molar-refractivity contribution in [1.82, 2.24) is 4.90 Å². The van der Waals surface area contributed by atoms with Crippen LogP contribution in [0.25, 0.3) is 0 Å². The standard InChI is InChI=1S/C11H15N3O/c1-2-14-7-3-4-10(14)6-5-9(8-12)11(13)15/h5-6H,2-4,7H2,1H3,(H2,13,15). The van der Waals surface area contributed by atoms with Gasteiger partial charge in [0.1, 0.15) is 11.6 Å². The number of hydrogen-bond acceptors (Lipinski definition) is 3. The normalized spacial score (nSPS) is 19.3. The van der Waals surface area contributed by atoms with Crippen LogP contribution in [0.3, 0.4) is 0 Å². The summed E-state index contributed by atoms with van der Waals surface area (Å²) >= 11 is 0. The molecule has 2 N–H and O–H groups in total. The highest BCUT2D eigenvalue weighted by Gasteiger charge is 2.13. The van der Waals surface area contributed by atoms with Gasteiger partial charge in [-0.15, -0.1) is 0 Å². The van der Waals surface area contributed by atoms with Gasteiger partial charge in [0.05, 0.1) is 0 Å². The van der Waals surface area contributed by atoms with Crippen LogP contribution in [-0.2, 0) is 4.79 Å². The largest absolute Gasteiger partial charge is 0.375 e. The molecule has 0 aliphatic carbocycles. The van der Waals surface area contributed by atoms with Crippen LogP contribution in [0, 0.1) is 11.3 Å². The van der Waals surface area contributed by atoms with E-state index in [4.69, 9.17) is 11.0 Å². The van der Waals surface area contributed by atoms with Gasteiger partial charge in [-0.3, -0.25) is 4.79 Å². The minimum Gasteiger partial charge on any atom is -0.375 e. The highest BCUT2D eigenvalue weighted by Crippen LogP contribution is 2.20. The fourth-order valence-electron chi connectivity index (χ4n) is 1.66. The van der Waals surface area contributed by atoms with Crippen LogP contribution in [0.1, 0.15) is 19.8 Å². The summed E-state index contributed by atoms with van der Waals surface area (Å²) in [5.74, 6) is -0.671. The lowest BCUT2D eigenvalue weighted by Crippen LogP contribution is -2.16. The third-order valence-electron chi connectivity index (χ3n) is 2.48. The van der Waals surface area contributed by atoms with Gasteiger partial charge in [0.15, 0.2) is 0 Å². The van der Waals surface area contributed by atoms with E-state index in [1.54, 1.807) is 6.07 Å². The topological polar surface area (TPSA) is 70.1 Å². The van der Waals surface area contributed by atoms with E-state index in [0.29, 0.717) is 0 Å². The van der Waals surface area contributed by atoms with Crippen molar-refractivity contribution in [3.05, 3.63) is 23.4 Å². The van der Waals surface area contributed by atoms with Crippen LogP contribution < -0.4 is 5.73 Å². The fraction of sp³-hybridized carbons (Fsp3) is 0.455. The van der Waals surface area contributed by atoms with Crippen LogP contribution in [0.5, 0.6) is 0 Å². The first-order chi connectivity index (χ1) is 7.19. The van der Waals surface area contributed by atoms with E-state index in [1.165, 1.54) is 11.8 Å². The monoisotopic (exact) mass is 205 g/mol. The summed E-state index contributed by atoms with van der Waals surface area (Å²) in [6.45, 7) is 4.09. The second-order valence-electron chi connectivity index (χ2n) is 3.40. The number of likely N-dealkylation sites (tertiary alicyclic amines) is 1. The molecule has 4 heteroatoms. The number of nitrogens with zero attached hydrogens (tertiary/aromatic N) is 2. The Morgan fingerprint density at radius 1 is 1.73 bits per heavy atom. The van der Waals surface area contributed by atoms with E-state index < -0.39 is 5.91 Å². The maximum absolute atomic E-state index is 10.8. The minimum atomic E-state index is -0.671. The van der Waals surface area contributed by atoms with Crippen molar-refractivity contribution in [3.8, 4) is 6.07 Å². The van der Waals surface area contributed by atoms with Crippen molar-refractivity contribution >= 4 is 5.91 Å². The molecule has 1 amide bonds. The molecule has 1 fully saturated rings. The average Bonchev–Trinajstić information content (AvgIpc) is 2.65. The number of allylic oxidation sites excluding steroid dienone is 3. The summed E-state index contributed by atoms with van der Waals surface area (Å²) in [6.07, 6.45) is 5.46. The third-order valence-corrected chi connectivity index (χ3v) is 2.48. The first kappa shape index (κ1) is 11.3. The molecule has 15 heavy (non-hydrogen) atoms. The average molecular weight is 205 g/mol. The van der Waals surface area contributed by atoms with Gasteiger partial charge >= 0.3 is 0 Å². The van der Waals surface area contributed by atoms with Gasteiger partial charge in [-0.2, -0.15) is 5.26 Å². The second-order valence-corrected chi connectivity index (χ2v) is 3.40. The molecule has 0 saturated carbocycles. The lowest BCUT2D eigenvalue weighted by atomic mass is 10.2. The van der Waals surface area contributed by atoms with Crippen molar-refractivity contribution in [2.45, 2.75) is 19.8 Å². The molecular weight excluding hydrogens is 190 g/mol. The second kappa shape index (κ2) is 5.20. The van der Waals surface area contributed by atoms with E-state index in [1.807, 2.05) is 6.08 Å². The van der Waals surface area contributed by atoms with Crippen molar-refractivity contribution in [1.29, 1.82) is 5.26 Å². The Bertz CT molecular complexity index is 349. The van der Waals surface area contributed by atoms with Gasteiger partial charge in [0.25, 0.3) is 5.91 Å². The number of hydrogen-bond donors (Lipinski definition) is 1. The summed E-state index contributed by atoms with van der Waals surface area (Å²) in [7, 11) is 0. The molecule has 4 nitrogen and oxygen atoms in total. The molecule has 1 rings (SSSR count). The molecule has 0 aromatic rings. The van der Waals surface area contributed by atoms with E-state index in [2.05, 4.69) is 11.8 Å². The summed E-state index contributed by atoms with van der Waals surface area (Å²) in [5, 5.41) is 8.63. The maximum atomic E-state index is 10.8. The predicted molar refractivity (Wildman–Crippen MR) is 57.5 cm³/mol. The van der Waals surface area contributed by atoms with Crippen LogP contribution >= 0.6 is 0 Å². The Balaban J connectivity index is 2.79. The first-order valence-corrected chi connectivity index (χ1v) is 5.04. The zero-order chi connectivity index (χ0) is 11.3. The quantitative estimate of drug-likeness (QED) is 0.550. The number of primary amides is 1. The predicted octanol–water partition coefficient (Wildman–Crippen LogP) is 0.921. The molecule has 1 aliphatic heterocycles. The summed E-state index contributed by atoms with van der Waals surface area (Å²) in [5.41, 5.74) is 6.20. The zero-order valence-electron chi connectivity index (χ0n) is 8.86. The van der Waals surface area contributed by atoms with Crippen molar-refractivity contribution in [2.75, 3.05) is 13.1 Å². The molecule has 0 aromatic carbocycles. The third kappa shape index (κ3) is 2.84. The molecule has 0 atom stereocenters. The molecule has 0 radical (unpaired) electrons. The molecule has 1 aliphatic rings. The number of rotatable bonds is 3. The van der Waals surface area contributed by atoms with E-state index in [0.717, 1.165) is 25.9 Å². The maximum Gasteiger partial charge on any atom is 0.259 e. The van der Waals surface area contributed by atoms with E-state index in [-0.39, 0.29) is 5.57 Å². The van der Waals surface area contributed by atoms with E-state index >= 15 is 0 Å². The Morgan fingerprint density at radius 3 is 3.00 bits per heavy atom. The van der Waals surface area contributed by atoms with Gasteiger partial charge in [-0.05, 0) is 31.9 Å². The van der Waals surface area contributed by atoms with Gasteiger partial charge < -0.3 is 10.6 Å². The number of amides is 1. The highest BCUT2D eigenvalue weighted by atomic mass is 16.1. The minimum absolute atomic E-state index is 0.00505. The van der Waals surface area contributed by atoms with Gasteiger partial charge in [-0.1, -0.05) is 0 Å². The summed E-state index contributed by atoms with van der Waals surface area (Å²) in [4.78, 5) is 13.0. The van der Waals surface area contributed by atoms with Crippen LogP contribution in [0.2, 0.25) is 0 Å². The molecule has 0 aromatic heterocycles. The van der Waals surface area contributed by atoms with Gasteiger partial charge in [-0.25, -0.2) is 0 Å². The molecule has 1 heterocycles. The molecule has 0 spiro atoms. The molecule has 80 valence electrons. The number of nitriles is 1. The Hall–Kier alpha value is -1.76. The van der Waals surface area contributed by atoms with E-state index in [9.17, 15) is 4.79 Å². The van der Waals surface area contributed by atoms with Crippen molar-refractivity contribution in [2.24, 2.45) is 5.73 Å². The van der Waals surface area contributed by atoms with Crippen LogP contribution in [0.15, 0.2) is 23.4 Å². The van der Waals surface area contributed by atoms with Crippen LogP contribution in [-0.4, -0.2) is 23.9 Å².